The van der Waals surface area contributed by atoms with Crippen LogP contribution in [0.3, 0.4) is 0 Å². The number of nitrogens with zero attached hydrogens (tertiary/aromatic N) is 2. The highest BCUT2D eigenvalue weighted by molar-refractivity contribution is 6.04. The molecule has 7 nitrogen and oxygen atoms in total. The summed E-state index contributed by atoms with van der Waals surface area (Å²) in [7, 11) is 1.69. The summed E-state index contributed by atoms with van der Waals surface area (Å²) in [5, 5.41) is 16.6. The van der Waals surface area contributed by atoms with Gasteiger partial charge < -0.3 is 20.5 Å². The van der Waals surface area contributed by atoms with Gasteiger partial charge in [0.2, 0.25) is 0 Å². The van der Waals surface area contributed by atoms with Crippen molar-refractivity contribution in [3.05, 3.63) is 59.7 Å². The monoisotopic (exact) mass is 426 g/mol. The molecule has 3 rings (SSSR count). The average Bonchev–Trinajstić information content (AvgIpc) is 2.80. The molecule has 1 aromatic rings. The van der Waals surface area contributed by atoms with Crippen LogP contribution in [0, 0.1) is 0 Å². The fraction of sp³-hybridized carbons (Fsp3) is 0.500. The number of aliphatic hydroxyl groups excluding tert-OH is 1. The first kappa shape index (κ1) is 23.2. The molecular weight excluding hydrogens is 392 g/mol. The second-order valence-corrected chi connectivity index (χ2v) is 8.06. The number of hydrogen-bond donors (Lipinski definition) is 3. The van der Waals surface area contributed by atoms with Crippen LogP contribution >= 0.6 is 0 Å². The van der Waals surface area contributed by atoms with E-state index in [1.165, 1.54) is 17.2 Å². The van der Waals surface area contributed by atoms with Gasteiger partial charge in [0, 0.05) is 58.1 Å². The summed E-state index contributed by atoms with van der Waals surface area (Å²) in [6, 6.07) is 8.70. The average molecular weight is 427 g/mol. The van der Waals surface area contributed by atoms with E-state index in [-0.39, 0.29) is 18.5 Å². The van der Waals surface area contributed by atoms with Gasteiger partial charge in [-0.25, -0.2) is 0 Å². The maximum atomic E-state index is 12.6. The number of aliphatic imine (C=N–C) groups is 1. The number of amidine groups is 1. The minimum Gasteiger partial charge on any atom is -0.390 e. The van der Waals surface area contributed by atoms with Gasteiger partial charge >= 0.3 is 0 Å². The summed E-state index contributed by atoms with van der Waals surface area (Å²) in [5.41, 5.74) is 3.11. The number of amides is 1. The normalized spacial score (nSPS) is 19.4. The third kappa shape index (κ3) is 7.02. The Balaban J connectivity index is 1.47. The molecule has 0 radical (unpaired) electrons. The van der Waals surface area contributed by atoms with Crippen LogP contribution in [0.1, 0.15) is 24.0 Å². The van der Waals surface area contributed by atoms with Gasteiger partial charge in [-0.2, -0.15) is 0 Å². The van der Waals surface area contributed by atoms with Crippen LogP contribution < -0.4 is 10.6 Å². The number of carbonyl (C=O) groups excluding carboxylic acids is 1. The van der Waals surface area contributed by atoms with Crippen LogP contribution in [0.15, 0.2) is 53.6 Å². The molecule has 7 heteroatoms. The van der Waals surface area contributed by atoms with Crippen molar-refractivity contribution in [1.82, 2.24) is 15.5 Å². The van der Waals surface area contributed by atoms with Crippen LogP contribution in [0.5, 0.6) is 0 Å². The maximum Gasteiger partial charge on any atom is 0.251 e. The predicted molar refractivity (Wildman–Crippen MR) is 123 cm³/mol. The van der Waals surface area contributed by atoms with Crippen LogP contribution in [0.25, 0.3) is 0 Å². The lowest BCUT2D eigenvalue weighted by Gasteiger charge is -2.30. The summed E-state index contributed by atoms with van der Waals surface area (Å²) in [6.07, 6.45) is 5.38. The first-order chi connectivity index (χ1) is 15.1. The molecule has 3 N–H and O–H groups in total. The molecule has 0 aromatic heterocycles. The Morgan fingerprint density at radius 3 is 2.81 bits per heavy atom. The number of β-amino-alcohol motifs (C(OH)–C–C–N with tert-alkyl or cyclic N) is 1. The van der Waals surface area contributed by atoms with Gasteiger partial charge in [0.05, 0.1) is 6.10 Å². The molecule has 1 unspecified atom stereocenters. The smallest absolute Gasteiger partial charge is 0.251 e. The molecular formula is C24H34N4O3. The molecule has 31 heavy (non-hydrogen) atoms. The Kier molecular flexibility index (Phi) is 8.82. The number of hydrogen-bond acceptors (Lipinski definition) is 5. The summed E-state index contributed by atoms with van der Waals surface area (Å²) in [5.74, 6) is 0.373. The lowest BCUT2D eigenvalue weighted by molar-refractivity contribution is -0.117. The maximum absolute atomic E-state index is 12.6. The second kappa shape index (κ2) is 11.8. The van der Waals surface area contributed by atoms with Gasteiger partial charge in [-0.15, -0.1) is 0 Å². The Labute approximate surface area is 184 Å². The van der Waals surface area contributed by atoms with Crippen molar-refractivity contribution in [2.24, 2.45) is 4.99 Å². The molecule has 1 amide bonds. The molecule has 2 aliphatic rings. The van der Waals surface area contributed by atoms with E-state index < -0.39 is 6.10 Å². The molecule has 168 valence electrons. The quantitative estimate of drug-likeness (QED) is 0.253. The van der Waals surface area contributed by atoms with Gasteiger partial charge in [-0.1, -0.05) is 36.9 Å². The van der Waals surface area contributed by atoms with Crippen LogP contribution in [-0.4, -0.2) is 73.8 Å². The molecule has 1 fully saturated rings. The first-order valence-electron chi connectivity index (χ1n) is 11.0. The molecule has 0 spiro atoms. The van der Waals surface area contributed by atoms with Crippen molar-refractivity contribution in [1.29, 1.82) is 0 Å². The number of rotatable bonds is 8. The van der Waals surface area contributed by atoms with E-state index in [2.05, 4.69) is 45.3 Å². The SMILES string of the molecule is C=C/C(=C\C(=N/C)NC1CCOCC1)C(=O)NCC(O)CN1CCc2ccccc2C1. The fourth-order valence-corrected chi connectivity index (χ4v) is 3.97. The summed E-state index contributed by atoms with van der Waals surface area (Å²) in [6.45, 7) is 7.66. The summed E-state index contributed by atoms with van der Waals surface area (Å²) < 4.78 is 5.38. The van der Waals surface area contributed by atoms with Gasteiger partial charge in [0.15, 0.2) is 0 Å². The zero-order valence-corrected chi connectivity index (χ0v) is 18.3. The Hall–Kier alpha value is -2.48. The van der Waals surface area contributed by atoms with Gasteiger partial charge in [-0.05, 0) is 36.5 Å². The Morgan fingerprint density at radius 2 is 2.10 bits per heavy atom. The van der Waals surface area contributed by atoms with Crippen molar-refractivity contribution in [2.75, 3.05) is 39.9 Å². The van der Waals surface area contributed by atoms with Gasteiger partial charge in [-0.3, -0.25) is 14.7 Å². The second-order valence-electron chi connectivity index (χ2n) is 8.06. The minimum absolute atomic E-state index is 0.189. The topological polar surface area (TPSA) is 86.2 Å². The number of fused-ring (bicyclic) bond motifs is 1. The van der Waals surface area contributed by atoms with E-state index >= 15 is 0 Å². The summed E-state index contributed by atoms with van der Waals surface area (Å²) >= 11 is 0. The number of ether oxygens (including phenoxy) is 1. The van der Waals surface area contributed by atoms with Crippen molar-refractivity contribution >= 4 is 11.7 Å². The highest BCUT2D eigenvalue weighted by atomic mass is 16.5. The molecule has 1 aromatic carbocycles. The zero-order valence-electron chi connectivity index (χ0n) is 18.3. The van der Waals surface area contributed by atoms with Crippen LogP contribution in [0.2, 0.25) is 0 Å². The van der Waals surface area contributed by atoms with Crippen molar-refractivity contribution in [2.45, 2.75) is 38.0 Å². The minimum atomic E-state index is -0.639. The molecule has 2 aliphatic heterocycles. The third-order valence-corrected chi connectivity index (χ3v) is 5.77. The highest BCUT2D eigenvalue weighted by Gasteiger charge is 2.19. The number of aliphatic hydroxyl groups is 1. The molecule has 0 bridgehead atoms. The van der Waals surface area contributed by atoms with E-state index in [0.717, 1.165) is 45.6 Å². The van der Waals surface area contributed by atoms with E-state index in [4.69, 9.17) is 4.74 Å². The zero-order chi connectivity index (χ0) is 22.1. The lowest BCUT2D eigenvalue weighted by Crippen LogP contribution is -2.42. The van der Waals surface area contributed by atoms with Crippen molar-refractivity contribution < 1.29 is 14.6 Å². The first-order valence-corrected chi connectivity index (χ1v) is 11.0. The summed E-state index contributed by atoms with van der Waals surface area (Å²) in [4.78, 5) is 19.1. The van der Waals surface area contributed by atoms with Crippen molar-refractivity contribution in [3.63, 3.8) is 0 Å². The Morgan fingerprint density at radius 1 is 1.35 bits per heavy atom. The highest BCUT2D eigenvalue weighted by Crippen LogP contribution is 2.18. The lowest BCUT2D eigenvalue weighted by atomic mass is 10.00. The number of nitrogens with one attached hydrogen (secondary N) is 2. The van der Waals surface area contributed by atoms with Gasteiger partial charge in [0.1, 0.15) is 5.84 Å². The van der Waals surface area contributed by atoms with E-state index in [1.807, 2.05) is 6.07 Å². The molecule has 0 saturated carbocycles. The predicted octanol–water partition coefficient (Wildman–Crippen LogP) is 1.43. The molecule has 1 atom stereocenters. The molecule has 1 saturated heterocycles. The van der Waals surface area contributed by atoms with E-state index in [0.29, 0.717) is 18.0 Å². The number of benzene rings is 1. The molecule has 0 aliphatic carbocycles. The fourth-order valence-electron chi connectivity index (χ4n) is 3.97. The Bertz CT molecular complexity index is 815. The standard InChI is InChI=1S/C24H34N4O3/c1-3-18(14-23(25-2)27-21-9-12-31-13-10-21)24(30)26-15-22(29)17-28-11-8-19-6-4-5-7-20(19)16-28/h3-7,14,21-22,29H,1,8-13,15-17H2,2H3,(H,25,27)(H,26,30)/b18-14+. The van der Waals surface area contributed by atoms with Crippen LogP contribution in [0.4, 0.5) is 0 Å². The van der Waals surface area contributed by atoms with Crippen molar-refractivity contribution in [3.8, 4) is 0 Å². The van der Waals surface area contributed by atoms with Gasteiger partial charge in [0.25, 0.3) is 5.91 Å². The van der Waals surface area contributed by atoms with E-state index in [1.54, 1.807) is 13.1 Å². The number of carbonyl (C=O) groups is 1. The van der Waals surface area contributed by atoms with Crippen LogP contribution in [-0.2, 0) is 22.5 Å². The third-order valence-electron chi connectivity index (χ3n) is 5.77. The molecule has 2 heterocycles. The van der Waals surface area contributed by atoms with E-state index in [9.17, 15) is 9.90 Å². The largest absolute Gasteiger partial charge is 0.390 e.